The summed E-state index contributed by atoms with van der Waals surface area (Å²) in [6.45, 7) is 3.99. The summed E-state index contributed by atoms with van der Waals surface area (Å²) >= 11 is 6.44. The molecule has 2 aromatic heterocycles. The Morgan fingerprint density at radius 3 is 2.53 bits per heavy atom. The van der Waals surface area contributed by atoms with Crippen LogP contribution in [0.25, 0.3) is 33.0 Å². The summed E-state index contributed by atoms with van der Waals surface area (Å²) in [5.41, 5.74) is 4.19. The number of rotatable bonds is 3. The van der Waals surface area contributed by atoms with Crippen LogP contribution >= 0.6 is 11.6 Å². The minimum atomic E-state index is -0.529. The van der Waals surface area contributed by atoms with Gasteiger partial charge in [0, 0.05) is 23.7 Å². The maximum absolute atomic E-state index is 15.1. The lowest BCUT2D eigenvalue weighted by Gasteiger charge is -2.11. The molecule has 6 heteroatoms. The molecule has 0 aliphatic rings. The Hall–Kier alpha value is -3.57. The SMILES string of the molecule is Cc1ccc(Nc2oc3c(c2-c2c(F)cccc2Cl)c(=O)n(C)c2ccccc32)c(C)c1. The number of fused-ring (bicyclic) bond motifs is 3. The molecule has 0 aliphatic carbocycles. The van der Waals surface area contributed by atoms with Gasteiger partial charge in [0.05, 0.1) is 21.5 Å². The Labute approximate surface area is 188 Å². The maximum atomic E-state index is 15.1. The number of benzene rings is 3. The van der Waals surface area contributed by atoms with Crippen LogP contribution in [0.15, 0.2) is 69.9 Å². The number of aromatic nitrogens is 1. The second kappa shape index (κ2) is 7.53. The van der Waals surface area contributed by atoms with E-state index < -0.39 is 5.82 Å². The van der Waals surface area contributed by atoms with Crippen molar-refractivity contribution in [1.29, 1.82) is 0 Å². The summed E-state index contributed by atoms with van der Waals surface area (Å²) in [5.74, 6) is -0.258. The third kappa shape index (κ3) is 3.09. The standard InChI is InChI=1S/C26H20ClFN2O2/c1-14-11-12-19(15(2)13-14)29-25-22(21-17(27)8-6-9-18(21)28)23-24(32-25)16-7-4-5-10-20(16)30(3)26(23)31/h4-13,29H,1-3H3. The molecule has 2 heterocycles. The van der Waals surface area contributed by atoms with Crippen molar-refractivity contribution < 1.29 is 8.81 Å². The molecule has 4 nitrogen and oxygen atoms in total. The fourth-order valence-electron chi connectivity index (χ4n) is 4.20. The van der Waals surface area contributed by atoms with Gasteiger partial charge in [0.2, 0.25) is 5.88 Å². The molecule has 3 aromatic carbocycles. The number of pyridine rings is 1. The average Bonchev–Trinajstić information content (AvgIpc) is 3.13. The molecule has 0 amide bonds. The summed E-state index contributed by atoms with van der Waals surface area (Å²) in [6, 6.07) is 17.9. The monoisotopic (exact) mass is 446 g/mol. The number of furan rings is 1. The number of halogens is 2. The van der Waals surface area contributed by atoms with Gasteiger partial charge in [0.15, 0.2) is 5.58 Å². The summed E-state index contributed by atoms with van der Waals surface area (Å²) in [6.07, 6.45) is 0. The van der Waals surface area contributed by atoms with Crippen molar-refractivity contribution in [2.24, 2.45) is 7.05 Å². The molecule has 0 radical (unpaired) electrons. The van der Waals surface area contributed by atoms with Crippen LogP contribution in [0.5, 0.6) is 0 Å². The molecule has 0 saturated heterocycles. The molecule has 0 bridgehead atoms. The molecule has 0 fully saturated rings. The van der Waals surface area contributed by atoms with Crippen molar-refractivity contribution in [1.82, 2.24) is 4.57 Å². The van der Waals surface area contributed by atoms with Crippen LogP contribution in [0.4, 0.5) is 16.0 Å². The van der Waals surface area contributed by atoms with Gasteiger partial charge in [0.1, 0.15) is 5.82 Å². The predicted molar refractivity (Wildman–Crippen MR) is 129 cm³/mol. The van der Waals surface area contributed by atoms with Crippen LogP contribution in [0.3, 0.4) is 0 Å². The van der Waals surface area contributed by atoms with Crippen molar-refractivity contribution in [2.75, 3.05) is 5.32 Å². The lowest BCUT2D eigenvalue weighted by Crippen LogP contribution is -2.17. The molecule has 0 saturated carbocycles. The van der Waals surface area contributed by atoms with Crippen molar-refractivity contribution in [3.8, 4) is 11.1 Å². The number of aryl methyl sites for hydroxylation is 3. The quantitative estimate of drug-likeness (QED) is 0.321. The Balaban J connectivity index is 1.92. The Bertz CT molecular complexity index is 1560. The van der Waals surface area contributed by atoms with Crippen LogP contribution in [-0.2, 0) is 7.05 Å². The molecule has 0 unspecified atom stereocenters. The van der Waals surface area contributed by atoms with E-state index in [2.05, 4.69) is 5.32 Å². The second-order valence-corrected chi connectivity index (χ2v) is 8.34. The smallest absolute Gasteiger partial charge is 0.262 e. The maximum Gasteiger partial charge on any atom is 0.262 e. The first-order valence-electron chi connectivity index (χ1n) is 10.2. The number of nitrogens with zero attached hydrogens (tertiary/aromatic N) is 1. The highest BCUT2D eigenvalue weighted by Crippen LogP contribution is 2.44. The van der Waals surface area contributed by atoms with Crippen LogP contribution in [0, 0.1) is 19.7 Å². The molecule has 0 spiro atoms. The van der Waals surface area contributed by atoms with Gasteiger partial charge in [-0.3, -0.25) is 4.79 Å². The number of nitrogens with one attached hydrogen (secondary N) is 1. The zero-order valence-electron chi connectivity index (χ0n) is 17.8. The van der Waals surface area contributed by atoms with Gasteiger partial charge in [-0.05, 0) is 49.7 Å². The van der Waals surface area contributed by atoms with E-state index in [9.17, 15) is 4.79 Å². The summed E-state index contributed by atoms with van der Waals surface area (Å²) < 4.78 is 22.9. The molecular weight excluding hydrogens is 427 g/mol. The van der Waals surface area contributed by atoms with Gasteiger partial charge < -0.3 is 14.3 Å². The summed E-state index contributed by atoms with van der Waals surface area (Å²) in [5, 5.41) is 4.52. The van der Waals surface area contributed by atoms with Crippen LogP contribution in [0.2, 0.25) is 5.02 Å². The van der Waals surface area contributed by atoms with E-state index in [1.54, 1.807) is 17.7 Å². The molecular formula is C26H20ClFN2O2. The lowest BCUT2D eigenvalue weighted by atomic mass is 10.0. The molecule has 0 atom stereocenters. The fraction of sp³-hybridized carbons (Fsp3) is 0.115. The Morgan fingerprint density at radius 1 is 1.00 bits per heavy atom. The summed E-state index contributed by atoms with van der Waals surface area (Å²) in [7, 11) is 1.70. The van der Waals surface area contributed by atoms with Gasteiger partial charge in [-0.25, -0.2) is 4.39 Å². The normalized spacial score (nSPS) is 11.4. The van der Waals surface area contributed by atoms with Crippen LogP contribution in [-0.4, -0.2) is 4.57 Å². The number of anilines is 2. The van der Waals surface area contributed by atoms with Gasteiger partial charge in [-0.1, -0.05) is 47.5 Å². The van der Waals surface area contributed by atoms with Crippen LogP contribution in [0.1, 0.15) is 11.1 Å². The number of hydrogen-bond acceptors (Lipinski definition) is 3. The van der Waals surface area contributed by atoms with Gasteiger partial charge >= 0.3 is 0 Å². The van der Waals surface area contributed by atoms with Crippen molar-refractivity contribution >= 4 is 45.0 Å². The van der Waals surface area contributed by atoms with E-state index in [4.69, 9.17) is 16.0 Å². The van der Waals surface area contributed by atoms with E-state index in [0.717, 1.165) is 27.7 Å². The minimum absolute atomic E-state index is 0.132. The Kier molecular flexibility index (Phi) is 4.79. The average molecular weight is 447 g/mol. The first kappa shape index (κ1) is 20.3. The third-order valence-corrected chi connectivity index (χ3v) is 6.09. The lowest BCUT2D eigenvalue weighted by molar-refractivity contribution is 0.626. The van der Waals surface area contributed by atoms with E-state index in [-0.39, 0.29) is 27.4 Å². The zero-order valence-corrected chi connectivity index (χ0v) is 18.5. The van der Waals surface area contributed by atoms with Gasteiger partial charge in [0.25, 0.3) is 5.56 Å². The largest absolute Gasteiger partial charge is 0.439 e. The molecule has 160 valence electrons. The van der Waals surface area contributed by atoms with E-state index >= 15 is 4.39 Å². The molecule has 5 rings (SSSR count). The highest BCUT2D eigenvalue weighted by atomic mass is 35.5. The van der Waals surface area contributed by atoms with Crippen molar-refractivity contribution in [2.45, 2.75) is 13.8 Å². The number of para-hydroxylation sites is 1. The Morgan fingerprint density at radius 2 is 1.78 bits per heavy atom. The predicted octanol–water partition coefficient (Wildman–Crippen LogP) is 7.10. The van der Waals surface area contributed by atoms with E-state index in [1.807, 2.05) is 56.3 Å². The van der Waals surface area contributed by atoms with E-state index in [0.29, 0.717) is 11.1 Å². The van der Waals surface area contributed by atoms with Crippen molar-refractivity contribution in [3.63, 3.8) is 0 Å². The third-order valence-electron chi connectivity index (χ3n) is 5.78. The highest BCUT2D eigenvalue weighted by Gasteiger charge is 2.26. The minimum Gasteiger partial charge on any atom is -0.439 e. The molecule has 32 heavy (non-hydrogen) atoms. The molecule has 0 aliphatic heterocycles. The number of hydrogen-bond donors (Lipinski definition) is 1. The first-order valence-corrected chi connectivity index (χ1v) is 10.6. The molecule has 5 aromatic rings. The van der Waals surface area contributed by atoms with E-state index in [1.165, 1.54) is 12.1 Å². The van der Waals surface area contributed by atoms with Gasteiger partial charge in [-0.2, -0.15) is 0 Å². The fourth-order valence-corrected chi connectivity index (χ4v) is 4.46. The van der Waals surface area contributed by atoms with Crippen LogP contribution < -0.4 is 10.9 Å². The first-order chi connectivity index (χ1) is 15.4. The van der Waals surface area contributed by atoms with Crippen molar-refractivity contribution in [3.05, 3.63) is 93.0 Å². The second-order valence-electron chi connectivity index (χ2n) is 7.93. The zero-order chi connectivity index (χ0) is 22.6. The summed E-state index contributed by atoms with van der Waals surface area (Å²) in [4.78, 5) is 13.4. The highest BCUT2D eigenvalue weighted by molar-refractivity contribution is 6.34. The molecule has 1 N–H and O–H groups in total. The topological polar surface area (TPSA) is 47.2 Å². The van der Waals surface area contributed by atoms with Gasteiger partial charge in [-0.15, -0.1) is 0 Å².